The third kappa shape index (κ3) is 7.08. The average Bonchev–Trinajstić information content (AvgIpc) is 2.78. The third-order valence-corrected chi connectivity index (χ3v) is 7.07. The van der Waals surface area contributed by atoms with Gasteiger partial charge in [-0.05, 0) is 78.6 Å². The van der Waals surface area contributed by atoms with Gasteiger partial charge in [0.15, 0.2) is 9.84 Å². The summed E-state index contributed by atoms with van der Waals surface area (Å²) in [5.41, 5.74) is -0.212. The number of hydrogen-bond donors (Lipinski definition) is 1. The minimum atomic E-state index is -3.34. The zero-order valence-corrected chi connectivity index (χ0v) is 21.8. The van der Waals surface area contributed by atoms with Crippen LogP contribution in [0.3, 0.4) is 0 Å². The first-order valence-corrected chi connectivity index (χ1v) is 13.8. The zero-order valence-electron chi connectivity index (χ0n) is 21.0. The summed E-state index contributed by atoms with van der Waals surface area (Å²) in [4.78, 5) is 14.7. The number of hydrogen-bond acceptors (Lipinski definition) is 6. The van der Waals surface area contributed by atoms with Crippen LogP contribution in [-0.4, -0.2) is 49.3 Å². The number of rotatable bonds is 9. The molecule has 0 bridgehead atoms. The number of amides is 1. The van der Waals surface area contributed by atoms with Crippen molar-refractivity contribution in [2.45, 2.75) is 37.2 Å². The molecule has 0 spiro atoms. The highest BCUT2D eigenvalue weighted by atomic mass is 32.2. The summed E-state index contributed by atoms with van der Waals surface area (Å²) in [5, 5.41) is 10.6. The highest BCUT2D eigenvalue weighted by Crippen LogP contribution is 2.33. The Hall–Kier alpha value is -3.43. The maximum Gasteiger partial charge on any atom is 0.227 e. The van der Waals surface area contributed by atoms with Gasteiger partial charge >= 0.3 is 0 Å². The molecule has 196 valence electrons. The smallest absolute Gasteiger partial charge is 0.227 e. The van der Waals surface area contributed by atoms with Crippen LogP contribution in [0.15, 0.2) is 71.6 Å². The minimum Gasteiger partial charge on any atom is -0.457 e. The van der Waals surface area contributed by atoms with Crippen LogP contribution in [0.1, 0.15) is 25.8 Å². The van der Waals surface area contributed by atoms with Crippen molar-refractivity contribution in [1.29, 1.82) is 0 Å². The second kappa shape index (κ2) is 10.5. The van der Waals surface area contributed by atoms with E-state index in [2.05, 4.69) is 0 Å². The second-order valence-electron chi connectivity index (χ2n) is 9.96. The molecule has 0 atom stereocenters. The Kier molecular flexibility index (Phi) is 7.57. The lowest BCUT2D eigenvalue weighted by Crippen LogP contribution is -2.64. The van der Waals surface area contributed by atoms with Crippen LogP contribution in [0.2, 0.25) is 0 Å². The van der Waals surface area contributed by atoms with Crippen molar-refractivity contribution < 1.29 is 32.2 Å². The van der Waals surface area contributed by atoms with Gasteiger partial charge in [-0.25, -0.2) is 12.8 Å². The molecule has 37 heavy (non-hydrogen) atoms. The predicted molar refractivity (Wildman–Crippen MR) is 137 cm³/mol. The van der Waals surface area contributed by atoms with Crippen LogP contribution in [0.25, 0.3) is 0 Å². The molecule has 0 aromatic heterocycles. The molecule has 9 heteroatoms. The molecule has 1 aliphatic rings. The number of carbonyl (C=O) groups excluding carboxylic acids is 1. The summed E-state index contributed by atoms with van der Waals surface area (Å²) in [6, 6.07) is 16.6. The summed E-state index contributed by atoms with van der Waals surface area (Å²) in [6.45, 7) is 4.66. The fraction of sp³-hybridized carbons (Fsp3) is 0.321. The molecular formula is C28H30FNO6S. The number of halogens is 1. The van der Waals surface area contributed by atoms with Crippen molar-refractivity contribution in [3.8, 4) is 23.0 Å². The monoisotopic (exact) mass is 527 g/mol. The highest BCUT2D eigenvalue weighted by molar-refractivity contribution is 7.90. The van der Waals surface area contributed by atoms with Crippen LogP contribution in [0.5, 0.6) is 23.0 Å². The molecule has 1 fully saturated rings. The Morgan fingerprint density at radius 2 is 1.46 bits per heavy atom. The first-order valence-electron chi connectivity index (χ1n) is 11.9. The molecule has 0 saturated carbocycles. The number of aliphatic hydroxyl groups is 1. The number of likely N-dealkylation sites (tertiary alicyclic amines) is 1. The van der Waals surface area contributed by atoms with Gasteiger partial charge in [-0.1, -0.05) is 13.8 Å². The van der Waals surface area contributed by atoms with E-state index < -0.39 is 15.4 Å². The van der Waals surface area contributed by atoms with E-state index in [4.69, 9.17) is 9.47 Å². The van der Waals surface area contributed by atoms with E-state index in [0.717, 1.165) is 6.26 Å². The first kappa shape index (κ1) is 26.6. The maximum atomic E-state index is 13.3. The van der Waals surface area contributed by atoms with Gasteiger partial charge in [0.25, 0.3) is 0 Å². The van der Waals surface area contributed by atoms with E-state index in [1.54, 1.807) is 35.2 Å². The van der Waals surface area contributed by atoms with Gasteiger partial charge in [0.2, 0.25) is 5.91 Å². The Balaban J connectivity index is 1.54. The quantitative estimate of drug-likeness (QED) is 0.422. The van der Waals surface area contributed by atoms with E-state index in [9.17, 15) is 22.7 Å². The molecule has 1 saturated heterocycles. The van der Waals surface area contributed by atoms with Gasteiger partial charge in [-0.2, -0.15) is 0 Å². The summed E-state index contributed by atoms with van der Waals surface area (Å²) < 4.78 is 48.6. The molecule has 0 unspecified atom stereocenters. The molecular weight excluding hydrogens is 497 g/mol. The van der Waals surface area contributed by atoms with Gasteiger partial charge in [0.05, 0.1) is 30.0 Å². The van der Waals surface area contributed by atoms with Crippen molar-refractivity contribution in [3.63, 3.8) is 0 Å². The Bertz CT molecular complexity index is 1360. The van der Waals surface area contributed by atoms with E-state index >= 15 is 0 Å². The van der Waals surface area contributed by atoms with E-state index in [-0.39, 0.29) is 23.0 Å². The summed E-state index contributed by atoms with van der Waals surface area (Å²) in [7, 11) is -3.34. The maximum absolute atomic E-state index is 13.3. The van der Waals surface area contributed by atoms with Crippen LogP contribution < -0.4 is 9.47 Å². The molecule has 7 nitrogen and oxygen atoms in total. The third-order valence-electron chi connectivity index (χ3n) is 5.94. The summed E-state index contributed by atoms with van der Waals surface area (Å²) in [5.74, 6) is 1.40. The number of carbonyl (C=O) groups is 1. The number of sulfone groups is 1. The van der Waals surface area contributed by atoms with Gasteiger partial charge in [0.1, 0.15) is 28.8 Å². The number of nitrogens with zero attached hydrogens (tertiary/aromatic N) is 1. The fourth-order valence-corrected chi connectivity index (χ4v) is 5.03. The molecule has 3 aromatic carbocycles. The summed E-state index contributed by atoms with van der Waals surface area (Å²) >= 11 is 0. The van der Waals surface area contributed by atoms with Gasteiger partial charge in [-0.15, -0.1) is 0 Å². The first-order chi connectivity index (χ1) is 17.4. The molecule has 1 aliphatic heterocycles. The van der Waals surface area contributed by atoms with Crippen molar-refractivity contribution in [3.05, 3.63) is 78.1 Å². The van der Waals surface area contributed by atoms with Crippen LogP contribution in [0, 0.1) is 11.7 Å². The Morgan fingerprint density at radius 3 is 1.95 bits per heavy atom. The van der Waals surface area contributed by atoms with Gasteiger partial charge in [-0.3, -0.25) is 4.79 Å². The number of ether oxygens (including phenoxy) is 2. The lowest BCUT2D eigenvalue weighted by Gasteiger charge is -2.47. The molecule has 1 N–H and O–H groups in total. The average molecular weight is 528 g/mol. The van der Waals surface area contributed by atoms with Crippen LogP contribution >= 0.6 is 0 Å². The summed E-state index contributed by atoms with van der Waals surface area (Å²) in [6.07, 6.45) is 1.83. The molecule has 0 aliphatic carbocycles. The SMILES string of the molecule is CC(C)CC1(O)CN(C(=O)Cc2cc(Oc3ccc(F)cc3)cc(Oc3ccc(S(C)(=O)=O)cc3)c2)C1. The van der Waals surface area contributed by atoms with Gasteiger partial charge in [0, 0.05) is 12.3 Å². The van der Waals surface area contributed by atoms with E-state index in [1.165, 1.54) is 36.4 Å². The highest BCUT2D eigenvalue weighted by Gasteiger charge is 2.43. The Labute approximate surface area is 216 Å². The van der Waals surface area contributed by atoms with Crippen LogP contribution in [-0.2, 0) is 21.1 Å². The van der Waals surface area contributed by atoms with Crippen LogP contribution in [0.4, 0.5) is 4.39 Å². The molecule has 0 radical (unpaired) electrons. The molecule has 1 amide bonds. The van der Waals surface area contributed by atoms with Crippen molar-refractivity contribution in [2.75, 3.05) is 19.3 Å². The standard InChI is InChI=1S/C28H30FNO6S/c1-19(2)16-28(32)17-30(18-28)27(31)14-20-12-24(35-22-6-4-21(29)5-7-22)15-25(13-20)36-23-8-10-26(11-9-23)37(3,33)34/h4-13,15,19,32H,14,16-18H2,1-3H3. The van der Waals surface area contributed by atoms with Crippen molar-refractivity contribution >= 4 is 15.7 Å². The predicted octanol–water partition coefficient (Wildman–Crippen LogP) is 4.98. The molecule has 3 aromatic rings. The van der Waals surface area contributed by atoms with E-state index in [0.29, 0.717) is 54.0 Å². The topological polar surface area (TPSA) is 93.1 Å². The van der Waals surface area contributed by atoms with E-state index in [1.807, 2.05) is 13.8 Å². The number of benzene rings is 3. The van der Waals surface area contributed by atoms with Crippen molar-refractivity contribution in [2.24, 2.45) is 5.92 Å². The second-order valence-corrected chi connectivity index (χ2v) is 12.0. The zero-order chi connectivity index (χ0) is 26.8. The fourth-order valence-electron chi connectivity index (χ4n) is 4.40. The minimum absolute atomic E-state index is 0.0712. The lowest BCUT2D eigenvalue weighted by atomic mass is 9.85. The Morgan fingerprint density at radius 1 is 0.946 bits per heavy atom. The van der Waals surface area contributed by atoms with Crippen molar-refractivity contribution in [1.82, 2.24) is 4.90 Å². The normalized spacial score (nSPS) is 14.8. The lowest BCUT2D eigenvalue weighted by molar-refractivity contribution is -0.157. The molecule has 4 rings (SSSR count). The van der Waals surface area contributed by atoms with Gasteiger partial charge < -0.3 is 19.5 Å². The molecule has 1 heterocycles. The largest absolute Gasteiger partial charge is 0.457 e. The number of β-amino-alcohol motifs (C(OH)–C–C–N with tert-alkyl or cyclic N) is 1.